The number of benzene rings is 1. The Labute approximate surface area is 149 Å². The first-order valence-corrected chi connectivity index (χ1v) is 9.00. The van der Waals surface area contributed by atoms with Gasteiger partial charge in [-0.3, -0.25) is 4.98 Å². The van der Waals surface area contributed by atoms with E-state index in [1.165, 1.54) is 11.1 Å². The zero-order valence-corrected chi connectivity index (χ0v) is 14.9. The normalized spacial score (nSPS) is 24.5. The monoisotopic (exact) mass is 335 g/mol. The molecular weight excluding hydrogens is 310 g/mol. The molecular formula is C21H25N3O. The van der Waals surface area contributed by atoms with Crippen molar-refractivity contribution in [3.8, 4) is 0 Å². The summed E-state index contributed by atoms with van der Waals surface area (Å²) in [6.07, 6.45) is 4.75. The smallest absolute Gasteiger partial charge is 0.317 e. The number of nitrogens with zero attached hydrogens (tertiary/aromatic N) is 2. The van der Waals surface area contributed by atoms with Crippen molar-refractivity contribution in [2.45, 2.75) is 31.6 Å². The molecule has 4 nitrogen and oxygen atoms in total. The van der Waals surface area contributed by atoms with Crippen LogP contribution in [0.15, 0.2) is 54.9 Å². The standard InChI is InChI=1S/C21H25N3O/c1-20(2)14-21(20,18-6-4-3-5-7-18)15-23-19(25)24-12-17(13-24)16-8-10-22-11-9-16/h3-11,17H,12-15H2,1-2H3,(H,23,25)/t21-/m1/s1. The number of amides is 2. The SMILES string of the molecule is CC1(C)C[C@@]1(CNC(=O)N1CC(c2ccncc2)C1)c1ccccc1. The number of pyridine rings is 1. The molecule has 1 atom stereocenters. The van der Waals surface area contributed by atoms with Crippen LogP contribution in [-0.2, 0) is 5.41 Å². The van der Waals surface area contributed by atoms with Crippen LogP contribution >= 0.6 is 0 Å². The summed E-state index contributed by atoms with van der Waals surface area (Å²) >= 11 is 0. The van der Waals surface area contributed by atoms with Gasteiger partial charge in [0.1, 0.15) is 0 Å². The van der Waals surface area contributed by atoms with Crippen LogP contribution in [0.5, 0.6) is 0 Å². The Morgan fingerprint density at radius 3 is 2.40 bits per heavy atom. The average Bonchev–Trinajstić information content (AvgIpc) is 3.16. The Bertz CT molecular complexity index is 753. The summed E-state index contributed by atoms with van der Waals surface area (Å²) < 4.78 is 0. The highest BCUT2D eigenvalue weighted by Gasteiger charge is 2.61. The van der Waals surface area contributed by atoms with E-state index in [1.54, 1.807) is 0 Å². The molecule has 130 valence electrons. The third-order valence-electron chi connectivity index (χ3n) is 6.13. The van der Waals surface area contributed by atoms with Crippen molar-refractivity contribution in [1.29, 1.82) is 0 Å². The lowest BCUT2D eigenvalue weighted by Gasteiger charge is -2.39. The molecule has 4 rings (SSSR count). The van der Waals surface area contributed by atoms with E-state index in [2.05, 4.69) is 48.4 Å². The molecule has 0 unspecified atom stereocenters. The van der Waals surface area contributed by atoms with Crippen LogP contribution < -0.4 is 5.32 Å². The van der Waals surface area contributed by atoms with Gasteiger partial charge in [0.2, 0.25) is 0 Å². The second-order valence-electron chi connectivity index (χ2n) is 8.05. The molecule has 1 aromatic carbocycles. The molecule has 1 saturated carbocycles. The van der Waals surface area contributed by atoms with Gasteiger partial charge in [0.15, 0.2) is 0 Å². The van der Waals surface area contributed by atoms with Gasteiger partial charge in [-0.1, -0.05) is 44.2 Å². The van der Waals surface area contributed by atoms with Crippen LogP contribution in [0.2, 0.25) is 0 Å². The molecule has 2 amide bonds. The quantitative estimate of drug-likeness (QED) is 0.928. The maximum atomic E-state index is 12.5. The van der Waals surface area contributed by atoms with E-state index in [4.69, 9.17) is 0 Å². The lowest BCUT2D eigenvalue weighted by Crippen LogP contribution is -2.53. The zero-order chi connectivity index (χ0) is 17.5. The van der Waals surface area contributed by atoms with Crippen LogP contribution in [-0.4, -0.2) is 35.5 Å². The predicted molar refractivity (Wildman–Crippen MR) is 98.5 cm³/mol. The van der Waals surface area contributed by atoms with Gasteiger partial charge in [0.05, 0.1) is 0 Å². The van der Waals surface area contributed by atoms with E-state index in [0.29, 0.717) is 12.5 Å². The van der Waals surface area contributed by atoms with Gasteiger partial charge in [0, 0.05) is 43.4 Å². The largest absolute Gasteiger partial charge is 0.337 e. The molecule has 2 fully saturated rings. The van der Waals surface area contributed by atoms with Crippen LogP contribution in [0.4, 0.5) is 4.79 Å². The Morgan fingerprint density at radius 2 is 1.80 bits per heavy atom. The molecule has 2 aliphatic rings. The van der Waals surface area contributed by atoms with Gasteiger partial charge >= 0.3 is 6.03 Å². The van der Waals surface area contributed by atoms with Gasteiger partial charge < -0.3 is 10.2 Å². The number of likely N-dealkylation sites (tertiary alicyclic amines) is 1. The van der Waals surface area contributed by atoms with Crippen LogP contribution in [0.3, 0.4) is 0 Å². The molecule has 1 saturated heterocycles. The van der Waals surface area contributed by atoms with E-state index in [9.17, 15) is 4.79 Å². The fraction of sp³-hybridized carbons (Fsp3) is 0.429. The van der Waals surface area contributed by atoms with E-state index in [-0.39, 0.29) is 16.9 Å². The number of carbonyl (C=O) groups is 1. The number of rotatable bonds is 4. The number of hydrogen-bond acceptors (Lipinski definition) is 2. The highest BCUT2D eigenvalue weighted by atomic mass is 16.2. The summed E-state index contributed by atoms with van der Waals surface area (Å²) in [7, 11) is 0. The summed E-state index contributed by atoms with van der Waals surface area (Å²) in [6, 6.07) is 14.7. The Kier molecular flexibility index (Phi) is 3.78. The molecule has 0 radical (unpaired) electrons. The number of urea groups is 1. The molecule has 25 heavy (non-hydrogen) atoms. The van der Waals surface area contributed by atoms with Crippen molar-refractivity contribution < 1.29 is 4.79 Å². The summed E-state index contributed by atoms with van der Waals surface area (Å²) in [5.41, 5.74) is 2.90. The molecule has 0 bridgehead atoms. The van der Waals surface area contributed by atoms with Crippen molar-refractivity contribution in [3.05, 3.63) is 66.0 Å². The topological polar surface area (TPSA) is 45.2 Å². The first kappa shape index (κ1) is 16.1. The minimum absolute atomic E-state index is 0.0586. The molecule has 2 heterocycles. The molecule has 1 N–H and O–H groups in total. The first-order valence-electron chi connectivity index (χ1n) is 9.00. The van der Waals surface area contributed by atoms with Gasteiger partial charge in [-0.2, -0.15) is 0 Å². The van der Waals surface area contributed by atoms with Crippen LogP contribution in [0.1, 0.15) is 37.3 Å². The van der Waals surface area contributed by atoms with Crippen molar-refractivity contribution >= 4 is 6.03 Å². The Hall–Kier alpha value is -2.36. The molecule has 4 heteroatoms. The van der Waals surface area contributed by atoms with E-state index >= 15 is 0 Å². The summed E-state index contributed by atoms with van der Waals surface area (Å²) in [5, 5.41) is 3.19. The van der Waals surface area contributed by atoms with Gasteiger partial charge in [0.25, 0.3) is 0 Å². The number of nitrogens with one attached hydrogen (secondary N) is 1. The van der Waals surface area contributed by atoms with Crippen LogP contribution in [0, 0.1) is 5.41 Å². The third kappa shape index (κ3) is 2.80. The second kappa shape index (κ2) is 5.87. The Morgan fingerprint density at radius 1 is 1.16 bits per heavy atom. The fourth-order valence-corrected chi connectivity index (χ4v) is 4.19. The number of hydrogen-bond donors (Lipinski definition) is 1. The Balaban J connectivity index is 1.35. The van der Waals surface area contributed by atoms with Crippen LogP contribution in [0.25, 0.3) is 0 Å². The van der Waals surface area contributed by atoms with Crippen molar-refractivity contribution in [3.63, 3.8) is 0 Å². The van der Waals surface area contributed by atoms with E-state index in [1.807, 2.05) is 35.5 Å². The molecule has 1 aliphatic heterocycles. The summed E-state index contributed by atoms with van der Waals surface area (Å²) in [4.78, 5) is 18.5. The molecule has 0 spiro atoms. The molecule has 1 aliphatic carbocycles. The zero-order valence-electron chi connectivity index (χ0n) is 14.9. The van der Waals surface area contributed by atoms with Crippen molar-refractivity contribution in [1.82, 2.24) is 15.2 Å². The highest BCUT2D eigenvalue weighted by molar-refractivity contribution is 5.75. The predicted octanol–water partition coefficient (Wildman–Crippen LogP) is 3.56. The number of aromatic nitrogens is 1. The van der Waals surface area contributed by atoms with E-state index < -0.39 is 0 Å². The minimum Gasteiger partial charge on any atom is -0.337 e. The molecule has 2 aromatic rings. The minimum atomic E-state index is 0.0586. The maximum Gasteiger partial charge on any atom is 0.317 e. The average molecular weight is 335 g/mol. The van der Waals surface area contributed by atoms with Gasteiger partial charge in [-0.15, -0.1) is 0 Å². The fourth-order valence-electron chi connectivity index (χ4n) is 4.19. The lowest BCUT2D eigenvalue weighted by molar-refractivity contribution is 0.150. The van der Waals surface area contributed by atoms with Crippen molar-refractivity contribution in [2.75, 3.05) is 19.6 Å². The van der Waals surface area contributed by atoms with Gasteiger partial charge in [-0.05, 0) is 35.1 Å². The molecule has 1 aromatic heterocycles. The summed E-state index contributed by atoms with van der Waals surface area (Å²) in [6.45, 7) is 6.86. The second-order valence-corrected chi connectivity index (χ2v) is 8.05. The first-order chi connectivity index (χ1) is 12.0. The maximum absolute atomic E-state index is 12.5. The number of carbonyl (C=O) groups excluding carboxylic acids is 1. The lowest BCUT2D eigenvalue weighted by atomic mass is 9.88. The van der Waals surface area contributed by atoms with Crippen molar-refractivity contribution in [2.24, 2.45) is 5.41 Å². The highest BCUT2D eigenvalue weighted by Crippen LogP contribution is 2.63. The van der Waals surface area contributed by atoms with Gasteiger partial charge in [-0.25, -0.2) is 4.79 Å². The van der Waals surface area contributed by atoms with E-state index in [0.717, 1.165) is 19.5 Å². The summed E-state index contributed by atoms with van der Waals surface area (Å²) in [5.74, 6) is 0.439. The third-order valence-corrected chi connectivity index (χ3v) is 6.13.